The second kappa shape index (κ2) is 8.39. The third kappa shape index (κ3) is 4.33. The Morgan fingerprint density at radius 1 is 1.08 bits per heavy atom. The van der Waals surface area contributed by atoms with E-state index in [1.165, 1.54) is 0 Å². The molecule has 132 valence electrons. The molecule has 0 spiro atoms. The van der Waals surface area contributed by atoms with Gasteiger partial charge in [-0.1, -0.05) is 49.4 Å². The average Bonchev–Trinajstić information content (AvgIpc) is 2.69. The van der Waals surface area contributed by atoms with Gasteiger partial charge in [0, 0.05) is 18.0 Å². The number of benzene rings is 2. The van der Waals surface area contributed by atoms with E-state index in [1.807, 2.05) is 43.3 Å². The van der Waals surface area contributed by atoms with Gasteiger partial charge in [0.05, 0.1) is 12.2 Å². The molecule has 26 heavy (non-hydrogen) atoms. The number of ether oxygens (including phenoxy) is 1. The van der Waals surface area contributed by atoms with Crippen molar-refractivity contribution in [2.75, 3.05) is 6.61 Å². The Morgan fingerprint density at radius 3 is 2.50 bits per heavy atom. The normalized spacial score (nSPS) is 11.8. The Kier molecular flexibility index (Phi) is 5.74. The largest absolute Gasteiger partial charge is 0.462 e. The van der Waals surface area contributed by atoms with Crippen molar-refractivity contribution in [1.29, 1.82) is 0 Å². The maximum absolute atomic E-state index is 14.5. The van der Waals surface area contributed by atoms with Gasteiger partial charge in [0.1, 0.15) is 5.82 Å². The van der Waals surface area contributed by atoms with Gasteiger partial charge in [0.25, 0.3) is 0 Å². The van der Waals surface area contributed by atoms with Crippen LogP contribution < -0.4 is 0 Å². The number of pyridine rings is 1. The van der Waals surface area contributed by atoms with E-state index in [1.54, 1.807) is 36.7 Å². The molecule has 0 N–H and O–H groups in total. The third-order valence-electron chi connectivity index (χ3n) is 4.35. The fraction of sp³-hybridized carbons (Fsp3) is 0.182. The van der Waals surface area contributed by atoms with Crippen LogP contribution >= 0.6 is 0 Å². The molecule has 1 atom stereocenters. The highest BCUT2D eigenvalue weighted by Gasteiger charge is 2.12. The summed E-state index contributed by atoms with van der Waals surface area (Å²) >= 11 is 0. The Labute approximate surface area is 152 Å². The molecule has 1 unspecified atom stereocenters. The molecule has 0 fully saturated rings. The van der Waals surface area contributed by atoms with Gasteiger partial charge < -0.3 is 4.74 Å². The summed E-state index contributed by atoms with van der Waals surface area (Å²) in [6.07, 6.45) is 3.73. The number of halogens is 1. The van der Waals surface area contributed by atoms with Crippen LogP contribution in [-0.4, -0.2) is 17.6 Å². The number of hydrogen-bond donors (Lipinski definition) is 0. The fourth-order valence-electron chi connectivity index (χ4n) is 2.76. The van der Waals surface area contributed by atoms with Gasteiger partial charge in [-0.15, -0.1) is 0 Å². The van der Waals surface area contributed by atoms with E-state index in [4.69, 9.17) is 4.74 Å². The van der Waals surface area contributed by atoms with Gasteiger partial charge in [0.2, 0.25) is 0 Å². The van der Waals surface area contributed by atoms with Crippen LogP contribution in [0.4, 0.5) is 4.39 Å². The van der Waals surface area contributed by atoms with Gasteiger partial charge in [-0.3, -0.25) is 4.98 Å². The average molecular weight is 349 g/mol. The van der Waals surface area contributed by atoms with Crippen LogP contribution in [0.15, 0.2) is 73.1 Å². The smallest absolute Gasteiger partial charge is 0.338 e. The van der Waals surface area contributed by atoms with Crippen LogP contribution in [0.5, 0.6) is 0 Å². The first kappa shape index (κ1) is 17.8. The van der Waals surface area contributed by atoms with E-state index in [0.717, 1.165) is 11.1 Å². The van der Waals surface area contributed by atoms with Gasteiger partial charge in [0.15, 0.2) is 0 Å². The summed E-state index contributed by atoms with van der Waals surface area (Å²) in [6, 6.07) is 18.0. The van der Waals surface area contributed by atoms with E-state index in [9.17, 15) is 9.18 Å². The van der Waals surface area contributed by atoms with Gasteiger partial charge in [-0.05, 0) is 41.7 Å². The van der Waals surface area contributed by atoms with Crippen molar-refractivity contribution in [3.05, 3.63) is 90.0 Å². The van der Waals surface area contributed by atoms with E-state index >= 15 is 0 Å². The van der Waals surface area contributed by atoms with Crippen LogP contribution in [0.25, 0.3) is 11.1 Å². The van der Waals surface area contributed by atoms with Crippen molar-refractivity contribution in [3.8, 4) is 11.1 Å². The first-order valence-corrected chi connectivity index (χ1v) is 8.57. The summed E-state index contributed by atoms with van der Waals surface area (Å²) in [5.41, 5.74) is 2.81. The van der Waals surface area contributed by atoms with Crippen molar-refractivity contribution in [2.24, 2.45) is 0 Å². The Hall–Kier alpha value is -3.01. The zero-order chi connectivity index (χ0) is 18.4. The van der Waals surface area contributed by atoms with Crippen molar-refractivity contribution >= 4 is 5.97 Å². The summed E-state index contributed by atoms with van der Waals surface area (Å²) in [4.78, 5) is 15.8. The number of nitrogens with zero attached hydrogens (tertiary/aromatic N) is 1. The fourth-order valence-corrected chi connectivity index (χ4v) is 2.76. The van der Waals surface area contributed by atoms with Gasteiger partial charge in [-0.2, -0.15) is 0 Å². The summed E-state index contributed by atoms with van der Waals surface area (Å²) in [6.45, 7) is 2.28. The molecule has 0 aliphatic rings. The van der Waals surface area contributed by atoms with Crippen LogP contribution in [-0.2, 0) is 4.74 Å². The third-order valence-corrected chi connectivity index (χ3v) is 4.35. The Balaban J connectivity index is 1.59. The maximum atomic E-state index is 14.5. The predicted molar refractivity (Wildman–Crippen MR) is 99.4 cm³/mol. The van der Waals surface area contributed by atoms with Crippen molar-refractivity contribution < 1.29 is 13.9 Å². The minimum absolute atomic E-state index is 0.0829. The standard InChI is InChI=1S/C22H20FNO2/c1-16(11-14-26-22(25)18-9-12-24-13-10-18)19-7-8-20(21(23)15-19)17-5-3-2-4-6-17/h2-10,12-13,15-16H,11,14H2,1H3. The molecule has 3 nitrogen and oxygen atoms in total. The number of hydrogen-bond acceptors (Lipinski definition) is 3. The topological polar surface area (TPSA) is 39.2 Å². The molecule has 3 aromatic rings. The molecule has 0 aliphatic heterocycles. The summed E-state index contributed by atoms with van der Waals surface area (Å²) in [5, 5.41) is 0. The van der Waals surface area contributed by atoms with Crippen LogP contribution in [0.1, 0.15) is 35.2 Å². The SMILES string of the molecule is CC(CCOC(=O)c1ccncc1)c1ccc(-c2ccccc2)c(F)c1. The van der Waals surface area contributed by atoms with Gasteiger partial charge >= 0.3 is 5.97 Å². The Bertz CT molecular complexity index is 866. The summed E-state index contributed by atoms with van der Waals surface area (Å²) < 4.78 is 19.8. The molecule has 0 radical (unpaired) electrons. The molecular weight excluding hydrogens is 329 g/mol. The molecular formula is C22H20FNO2. The van der Waals surface area contributed by atoms with E-state index < -0.39 is 0 Å². The first-order chi connectivity index (χ1) is 12.6. The van der Waals surface area contributed by atoms with Crippen molar-refractivity contribution in [3.63, 3.8) is 0 Å². The van der Waals surface area contributed by atoms with Crippen LogP contribution in [0.2, 0.25) is 0 Å². The highest BCUT2D eigenvalue weighted by atomic mass is 19.1. The zero-order valence-electron chi connectivity index (χ0n) is 14.6. The minimum atomic E-state index is -0.370. The molecule has 0 aliphatic carbocycles. The summed E-state index contributed by atoms with van der Waals surface area (Å²) in [7, 11) is 0. The minimum Gasteiger partial charge on any atom is -0.462 e. The molecule has 0 saturated carbocycles. The molecule has 2 aromatic carbocycles. The van der Waals surface area contributed by atoms with E-state index in [0.29, 0.717) is 17.5 Å². The zero-order valence-corrected chi connectivity index (χ0v) is 14.6. The van der Waals surface area contributed by atoms with Crippen LogP contribution in [0.3, 0.4) is 0 Å². The molecule has 3 rings (SSSR count). The van der Waals surface area contributed by atoms with E-state index in [-0.39, 0.29) is 24.3 Å². The molecule has 0 amide bonds. The summed E-state index contributed by atoms with van der Waals surface area (Å²) in [5.74, 6) is -0.529. The lowest BCUT2D eigenvalue weighted by atomic mass is 9.95. The number of carbonyl (C=O) groups excluding carboxylic acids is 1. The second-order valence-electron chi connectivity index (χ2n) is 6.17. The van der Waals surface area contributed by atoms with Crippen LogP contribution in [0, 0.1) is 5.82 Å². The number of aromatic nitrogens is 1. The lowest BCUT2D eigenvalue weighted by Gasteiger charge is -2.14. The van der Waals surface area contributed by atoms with Crippen molar-refractivity contribution in [1.82, 2.24) is 4.98 Å². The predicted octanol–water partition coefficient (Wildman–Crippen LogP) is 5.24. The first-order valence-electron chi connectivity index (χ1n) is 8.57. The van der Waals surface area contributed by atoms with Gasteiger partial charge in [-0.25, -0.2) is 9.18 Å². The lowest BCUT2D eigenvalue weighted by molar-refractivity contribution is 0.0494. The van der Waals surface area contributed by atoms with Crippen molar-refractivity contribution in [2.45, 2.75) is 19.3 Å². The maximum Gasteiger partial charge on any atom is 0.338 e. The molecule has 1 aromatic heterocycles. The number of esters is 1. The number of rotatable bonds is 6. The highest BCUT2D eigenvalue weighted by Crippen LogP contribution is 2.27. The number of carbonyl (C=O) groups is 1. The molecule has 0 bridgehead atoms. The molecule has 0 saturated heterocycles. The van der Waals surface area contributed by atoms with E-state index in [2.05, 4.69) is 4.98 Å². The quantitative estimate of drug-likeness (QED) is 0.571. The Morgan fingerprint density at radius 2 is 1.81 bits per heavy atom. The monoisotopic (exact) mass is 349 g/mol. The lowest BCUT2D eigenvalue weighted by Crippen LogP contribution is -2.08. The molecule has 4 heteroatoms. The molecule has 1 heterocycles. The second-order valence-corrected chi connectivity index (χ2v) is 6.17. The highest BCUT2D eigenvalue weighted by molar-refractivity contribution is 5.89.